The first kappa shape index (κ1) is 21.2. The first-order chi connectivity index (χ1) is 10.2. The molecule has 7 heteroatoms. The number of ether oxygens (including phenoxy) is 1. The van der Waals surface area contributed by atoms with Crippen molar-refractivity contribution in [3.05, 3.63) is 18.2 Å². The van der Waals surface area contributed by atoms with Crippen LogP contribution in [0.5, 0.6) is 0 Å². The van der Waals surface area contributed by atoms with Crippen LogP contribution in [0.1, 0.15) is 33.0 Å². The molecule has 22 heavy (non-hydrogen) atoms. The Bertz CT molecular complexity index is 420. The van der Waals surface area contributed by atoms with E-state index in [4.69, 9.17) is 4.74 Å². The Morgan fingerprint density at radius 1 is 1.41 bits per heavy atom. The van der Waals surface area contributed by atoms with Gasteiger partial charge in [-0.15, -0.1) is 24.0 Å². The van der Waals surface area contributed by atoms with Gasteiger partial charge in [0.05, 0.1) is 6.54 Å². The molecule has 128 valence electrons. The van der Waals surface area contributed by atoms with E-state index < -0.39 is 0 Å². The number of halogens is 1. The molecule has 0 aliphatic rings. The molecule has 0 amide bonds. The molecule has 1 rings (SSSR count). The Balaban J connectivity index is 0.00000441. The van der Waals surface area contributed by atoms with Gasteiger partial charge in [-0.2, -0.15) is 0 Å². The molecule has 1 heterocycles. The van der Waals surface area contributed by atoms with E-state index >= 15 is 0 Å². The third-order valence-electron chi connectivity index (χ3n) is 2.96. The van der Waals surface area contributed by atoms with Crippen LogP contribution in [-0.2, 0) is 17.8 Å². The monoisotopic (exact) mass is 423 g/mol. The lowest BCUT2D eigenvalue weighted by Crippen LogP contribution is -2.38. The summed E-state index contributed by atoms with van der Waals surface area (Å²) in [5.41, 5.74) is 0. The summed E-state index contributed by atoms with van der Waals surface area (Å²) in [4.78, 5) is 8.61. The van der Waals surface area contributed by atoms with E-state index in [0.29, 0.717) is 12.5 Å². The molecule has 0 aromatic carbocycles. The standard InChI is InChI=1S/C15H29N5O.HI/c1-5-21-10-6-7-18-15(16-4)19-11-14-17-8-9-20(14)12-13(2)3;/h8-9,13H,5-7,10-12H2,1-4H3,(H2,16,18,19);1H. The number of hydrogen-bond donors (Lipinski definition) is 2. The number of rotatable bonds is 9. The average molecular weight is 423 g/mol. The summed E-state index contributed by atoms with van der Waals surface area (Å²) < 4.78 is 7.49. The van der Waals surface area contributed by atoms with Crippen molar-refractivity contribution < 1.29 is 4.74 Å². The van der Waals surface area contributed by atoms with Gasteiger partial charge in [0.25, 0.3) is 0 Å². The number of imidazole rings is 1. The van der Waals surface area contributed by atoms with Gasteiger partial charge < -0.3 is 19.9 Å². The van der Waals surface area contributed by atoms with Crippen molar-refractivity contribution in [3.8, 4) is 0 Å². The Morgan fingerprint density at radius 3 is 2.82 bits per heavy atom. The first-order valence-corrected chi connectivity index (χ1v) is 7.69. The largest absolute Gasteiger partial charge is 0.382 e. The summed E-state index contributed by atoms with van der Waals surface area (Å²) in [5.74, 6) is 2.43. The molecule has 0 spiro atoms. The zero-order chi connectivity index (χ0) is 15.5. The highest BCUT2D eigenvalue weighted by molar-refractivity contribution is 14.0. The van der Waals surface area contributed by atoms with Gasteiger partial charge >= 0.3 is 0 Å². The van der Waals surface area contributed by atoms with Crippen LogP contribution in [-0.4, -0.2) is 42.3 Å². The molecule has 0 aliphatic carbocycles. The molecule has 0 bridgehead atoms. The summed E-state index contributed by atoms with van der Waals surface area (Å²) in [6.45, 7) is 10.5. The van der Waals surface area contributed by atoms with Gasteiger partial charge in [0.2, 0.25) is 0 Å². The summed E-state index contributed by atoms with van der Waals surface area (Å²) in [7, 11) is 1.78. The predicted molar refractivity (Wildman–Crippen MR) is 102 cm³/mol. The van der Waals surface area contributed by atoms with E-state index in [1.54, 1.807) is 7.05 Å². The second-order valence-electron chi connectivity index (χ2n) is 5.29. The quantitative estimate of drug-likeness (QED) is 0.277. The normalized spacial score (nSPS) is 11.4. The van der Waals surface area contributed by atoms with Gasteiger partial charge in [-0.05, 0) is 19.3 Å². The smallest absolute Gasteiger partial charge is 0.191 e. The van der Waals surface area contributed by atoms with Gasteiger partial charge in [0.15, 0.2) is 5.96 Å². The summed E-state index contributed by atoms with van der Waals surface area (Å²) in [6.07, 6.45) is 4.84. The minimum absolute atomic E-state index is 0. The molecule has 0 saturated heterocycles. The van der Waals surface area contributed by atoms with Crippen LogP contribution in [0, 0.1) is 5.92 Å². The average Bonchev–Trinajstić information content (AvgIpc) is 2.88. The van der Waals surface area contributed by atoms with Gasteiger partial charge in [-0.25, -0.2) is 4.98 Å². The maximum atomic E-state index is 5.31. The lowest BCUT2D eigenvalue weighted by atomic mass is 10.2. The molecular formula is C15H30IN5O. The van der Waals surface area contributed by atoms with E-state index in [2.05, 4.69) is 39.0 Å². The molecule has 6 nitrogen and oxygen atoms in total. The molecule has 1 aromatic rings. The number of guanidine groups is 1. The molecular weight excluding hydrogens is 393 g/mol. The van der Waals surface area contributed by atoms with Crippen LogP contribution in [0.25, 0.3) is 0 Å². The topological polar surface area (TPSA) is 63.5 Å². The minimum Gasteiger partial charge on any atom is -0.382 e. The van der Waals surface area contributed by atoms with Crippen LogP contribution in [0.2, 0.25) is 0 Å². The maximum Gasteiger partial charge on any atom is 0.191 e. The van der Waals surface area contributed by atoms with Gasteiger partial charge in [-0.3, -0.25) is 4.99 Å². The maximum absolute atomic E-state index is 5.31. The molecule has 0 saturated carbocycles. The van der Waals surface area contributed by atoms with E-state index in [1.807, 2.05) is 19.3 Å². The fourth-order valence-corrected chi connectivity index (χ4v) is 1.98. The third kappa shape index (κ3) is 8.57. The lowest BCUT2D eigenvalue weighted by molar-refractivity contribution is 0.145. The second kappa shape index (κ2) is 12.7. The molecule has 0 atom stereocenters. The highest BCUT2D eigenvalue weighted by Gasteiger charge is 2.05. The summed E-state index contributed by atoms with van der Waals surface area (Å²) >= 11 is 0. The summed E-state index contributed by atoms with van der Waals surface area (Å²) in [6, 6.07) is 0. The number of aromatic nitrogens is 2. The number of nitrogens with zero attached hydrogens (tertiary/aromatic N) is 3. The SMILES string of the molecule is CCOCCCNC(=NC)NCc1nccn1CC(C)C.I. The van der Waals surface area contributed by atoms with E-state index in [1.165, 1.54) is 0 Å². The van der Waals surface area contributed by atoms with Crippen molar-refractivity contribution in [2.75, 3.05) is 26.8 Å². The third-order valence-corrected chi connectivity index (χ3v) is 2.96. The number of aliphatic imine (C=N–C) groups is 1. The van der Waals surface area contributed by atoms with E-state index in [0.717, 1.165) is 44.5 Å². The first-order valence-electron chi connectivity index (χ1n) is 7.69. The molecule has 0 radical (unpaired) electrons. The van der Waals surface area contributed by atoms with Crippen LogP contribution in [0.15, 0.2) is 17.4 Å². The van der Waals surface area contributed by atoms with Crippen molar-refractivity contribution in [1.29, 1.82) is 0 Å². The fourth-order valence-electron chi connectivity index (χ4n) is 1.98. The van der Waals surface area contributed by atoms with Crippen molar-refractivity contribution in [2.24, 2.45) is 10.9 Å². The predicted octanol–water partition coefficient (Wildman–Crippen LogP) is 2.25. The lowest BCUT2D eigenvalue weighted by Gasteiger charge is -2.14. The van der Waals surface area contributed by atoms with Crippen molar-refractivity contribution in [1.82, 2.24) is 20.2 Å². The fraction of sp³-hybridized carbons (Fsp3) is 0.733. The van der Waals surface area contributed by atoms with Crippen molar-refractivity contribution in [2.45, 2.75) is 40.3 Å². The number of hydrogen-bond acceptors (Lipinski definition) is 3. The Hall–Kier alpha value is -0.830. The van der Waals surface area contributed by atoms with Crippen LogP contribution in [0.3, 0.4) is 0 Å². The zero-order valence-corrected chi connectivity index (χ0v) is 16.5. The molecule has 2 N–H and O–H groups in total. The van der Waals surface area contributed by atoms with Gasteiger partial charge in [0.1, 0.15) is 5.82 Å². The molecule has 0 aliphatic heterocycles. The Labute approximate surface area is 151 Å². The van der Waals surface area contributed by atoms with E-state index in [-0.39, 0.29) is 24.0 Å². The van der Waals surface area contributed by atoms with Crippen LogP contribution in [0.4, 0.5) is 0 Å². The van der Waals surface area contributed by atoms with Crippen molar-refractivity contribution >= 4 is 29.9 Å². The highest BCUT2D eigenvalue weighted by atomic mass is 127. The minimum atomic E-state index is 0. The van der Waals surface area contributed by atoms with Crippen molar-refractivity contribution in [3.63, 3.8) is 0 Å². The second-order valence-corrected chi connectivity index (χ2v) is 5.29. The molecule has 0 unspecified atom stereocenters. The van der Waals surface area contributed by atoms with Gasteiger partial charge in [0, 0.05) is 45.7 Å². The number of nitrogens with one attached hydrogen (secondary N) is 2. The van der Waals surface area contributed by atoms with Gasteiger partial charge in [-0.1, -0.05) is 13.8 Å². The highest BCUT2D eigenvalue weighted by Crippen LogP contribution is 2.03. The Morgan fingerprint density at radius 2 is 2.18 bits per heavy atom. The molecule has 0 fully saturated rings. The Kier molecular flexibility index (Phi) is 12.2. The van der Waals surface area contributed by atoms with Crippen LogP contribution < -0.4 is 10.6 Å². The summed E-state index contributed by atoms with van der Waals surface area (Å²) in [5, 5.41) is 6.56. The van der Waals surface area contributed by atoms with E-state index in [9.17, 15) is 0 Å². The molecule has 1 aromatic heterocycles. The zero-order valence-electron chi connectivity index (χ0n) is 14.1. The van der Waals surface area contributed by atoms with Crippen LogP contribution >= 0.6 is 24.0 Å².